The van der Waals surface area contributed by atoms with E-state index in [0.717, 1.165) is 67.1 Å². The van der Waals surface area contributed by atoms with Crippen LogP contribution in [0, 0.1) is 11.3 Å². The number of nitrogens with two attached hydrogens (primary N) is 2. The fourth-order valence-electron chi connectivity index (χ4n) is 4.38. The standard InChI is InChI=1S/C27H36N6O/c1-2-3-15-32(16-14-28)27(34)22-11-12-24-23(17-22)31-25(33(24)18-20-4-5-20)13-8-19-6-9-21(10-7-19)26(29)30/h6-7,9-12,17,20H,2-5,8,13-16,18,28H2,1H3,(H3,29,30). The number of amidine groups is 1. The number of rotatable bonds is 12. The summed E-state index contributed by atoms with van der Waals surface area (Å²) in [6.07, 6.45) is 6.24. The molecule has 0 spiro atoms. The number of aromatic nitrogens is 2. The van der Waals surface area contributed by atoms with Crippen molar-refractivity contribution >= 4 is 22.8 Å². The Balaban J connectivity index is 1.57. The molecule has 1 aliphatic carbocycles. The van der Waals surface area contributed by atoms with Crippen LogP contribution in [-0.2, 0) is 19.4 Å². The summed E-state index contributed by atoms with van der Waals surface area (Å²) in [6.45, 7) is 4.88. The molecule has 5 N–H and O–H groups in total. The fourth-order valence-corrected chi connectivity index (χ4v) is 4.38. The average Bonchev–Trinajstić information content (AvgIpc) is 3.60. The van der Waals surface area contributed by atoms with Gasteiger partial charge in [-0.05, 0) is 55.4 Å². The van der Waals surface area contributed by atoms with E-state index < -0.39 is 0 Å². The number of benzene rings is 2. The van der Waals surface area contributed by atoms with Crippen LogP contribution in [0.3, 0.4) is 0 Å². The first-order valence-electron chi connectivity index (χ1n) is 12.4. The van der Waals surface area contributed by atoms with Crippen molar-refractivity contribution < 1.29 is 4.79 Å². The first-order valence-corrected chi connectivity index (χ1v) is 12.4. The fraction of sp³-hybridized carbons (Fsp3) is 0.444. The first-order chi connectivity index (χ1) is 16.5. The Morgan fingerprint density at radius 3 is 2.50 bits per heavy atom. The van der Waals surface area contributed by atoms with Gasteiger partial charge in [0.2, 0.25) is 0 Å². The van der Waals surface area contributed by atoms with Crippen LogP contribution in [0.5, 0.6) is 0 Å². The van der Waals surface area contributed by atoms with Gasteiger partial charge in [-0.15, -0.1) is 0 Å². The molecule has 1 aromatic heterocycles. The lowest BCUT2D eigenvalue weighted by atomic mass is 10.1. The zero-order valence-corrected chi connectivity index (χ0v) is 20.1. The zero-order chi connectivity index (χ0) is 24.1. The predicted octanol–water partition coefficient (Wildman–Crippen LogP) is 3.72. The van der Waals surface area contributed by atoms with Crippen LogP contribution in [0.15, 0.2) is 42.5 Å². The smallest absolute Gasteiger partial charge is 0.253 e. The molecule has 0 saturated heterocycles. The van der Waals surface area contributed by atoms with E-state index in [0.29, 0.717) is 18.7 Å². The minimum absolute atomic E-state index is 0.0321. The number of carbonyl (C=O) groups is 1. The summed E-state index contributed by atoms with van der Waals surface area (Å²) in [7, 11) is 0. The van der Waals surface area contributed by atoms with E-state index >= 15 is 0 Å². The molecule has 0 aliphatic heterocycles. The third-order valence-electron chi connectivity index (χ3n) is 6.58. The van der Waals surface area contributed by atoms with E-state index in [1.165, 1.54) is 18.4 Å². The van der Waals surface area contributed by atoms with Crippen LogP contribution in [0.2, 0.25) is 0 Å². The van der Waals surface area contributed by atoms with E-state index in [-0.39, 0.29) is 11.7 Å². The predicted molar refractivity (Wildman–Crippen MR) is 137 cm³/mol. The monoisotopic (exact) mass is 460 g/mol. The maximum atomic E-state index is 13.2. The lowest BCUT2D eigenvalue weighted by Crippen LogP contribution is -2.36. The van der Waals surface area contributed by atoms with Crippen molar-refractivity contribution in [2.24, 2.45) is 17.4 Å². The molecule has 180 valence electrons. The highest BCUT2D eigenvalue weighted by Gasteiger charge is 2.25. The summed E-state index contributed by atoms with van der Waals surface area (Å²) in [5.41, 5.74) is 15.9. The summed E-state index contributed by atoms with van der Waals surface area (Å²) in [4.78, 5) is 20.0. The zero-order valence-electron chi connectivity index (χ0n) is 20.1. The number of imidazole rings is 1. The highest BCUT2D eigenvalue weighted by molar-refractivity contribution is 5.97. The molecule has 0 unspecified atom stereocenters. The molecule has 1 amide bonds. The van der Waals surface area contributed by atoms with Crippen LogP contribution < -0.4 is 11.5 Å². The molecule has 0 atom stereocenters. The van der Waals surface area contributed by atoms with Crippen LogP contribution in [0.25, 0.3) is 11.0 Å². The lowest BCUT2D eigenvalue weighted by molar-refractivity contribution is 0.0758. The van der Waals surface area contributed by atoms with Crippen molar-refractivity contribution in [1.29, 1.82) is 5.41 Å². The number of hydrogen-bond acceptors (Lipinski definition) is 4. The summed E-state index contributed by atoms with van der Waals surface area (Å²) in [5.74, 6) is 1.90. The van der Waals surface area contributed by atoms with Crippen LogP contribution >= 0.6 is 0 Å². The molecular weight excluding hydrogens is 424 g/mol. The number of amides is 1. The van der Waals surface area contributed by atoms with Crippen LogP contribution in [0.4, 0.5) is 0 Å². The molecule has 34 heavy (non-hydrogen) atoms. The quantitative estimate of drug-likeness (QED) is 0.282. The van der Waals surface area contributed by atoms with E-state index in [9.17, 15) is 4.79 Å². The van der Waals surface area contributed by atoms with Gasteiger partial charge in [0.15, 0.2) is 0 Å². The second-order valence-corrected chi connectivity index (χ2v) is 9.33. The number of fused-ring (bicyclic) bond motifs is 1. The SMILES string of the molecule is CCCCN(CCN)C(=O)c1ccc2c(c1)nc(CCc1ccc(C(=N)N)cc1)n2CC1CC1. The Bertz CT molecular complexity index is 1150. The highest BCUT2D eigenvalue weighted by Crippen LogP contribution is 2.33. The number of nitrogens with one attached hydrogen (secondary N) is 1. The van der Waals surface area contributed by atoms with E-state index in [1.807, 2.05) is 41.3 Å². The maximum absolute atomic E-state index is 13.2. The molecule has 1 heterocycles. The minimum Gasteiger partial charge on any atom is -0.384 e. The molecule has 0 bridgehead atoms. The van der Waals surface area contributed by atoms with Gasteiger partial charge in [0.05, 0.1) is 11.0 Å². The van der Waals surface area contributed by atoms with Crippen molar-refractivity contribution in [3.05, 3.63) is 65.0 Å². The van der Waals surface area contributed by atoms with Gasteiger partial charge in [0.25, 0.3) is 5.91 Å². The van der Waals surface area contributed by atoms with E-state index in [1.54, 1.807) is 0 Å². The van der Waals surface area contributed by atoms with E-state index in [2.05, 4.69) is 17.6 Å². The second kappa shape index (κ2) is 10.8. The van der Waals surface area contributed by atoms with Crippen molar-refractivity contribution in [3.63, 3.8) is 0 Å². The molecule has 4 rings (SSSR count). The number of hydrogen-bond donors (Lipinski definition) is 3. The maximum Gasteiger partial charge on any atom is 0.253 e. The van der Waals surface area contributed by atoms with Crippen molar-refractivity contribution in [1.82, 2.24) is 14.5 Å². The topological polar surface area (TPSA) is 114 Å². The molecular formula is C27H36N6O. The Hall–Kier alpha value is -3.19. The largest absolute Gasteiger partial charge is 0.384 e. The summed E-state index contributed by atoms with van der Waals surface area (Å²) in [5, 5.41) is 7.56. The third-order valence-corrected chi connectivity index (χ3v) is 6.58. The number of nitrogen functional groups attached to an aromatic ring is 1. The number of unbranched alkanes of at least 4 members (excludes halogenated alkanes) is 1. The van der Waals surface area contributed by atoms with Gasteiger partial charge in [-0.1, -0.05) is 37.6 Å². The Morgan fingerprint density at radius 2 is 1.85 bits per heavy atom. The minimum atomic E-state index is 0.0321. The van der Waals surface area contributed by atoms with Gasteiger partial charge in [-0.2, -0.15) is 0 Å². The first kappa shape index (κ1) is 24.0. The molecule has 1 fully saturated rings. The normalized spacial score (nSPS) is 13.4. The van der Waals surface area contributed by atoms with Gasteiger partial charge in [-0.25, -0.2) is 4.98 Å². The molecule has 2 aromatic carbocycles. The third kappa shape index (κ3) is 5.65. The second-order valence-electron chi connectivity index (χ2n) is 9.33. The summed E-state index contributed by atoms with van der Waals surface area (Å²) in [6, 6.07) is 13.8. The van der Waals surface area contributed by atoms with Gasteiger partial charge in [0, 0.05) is 43.7 Å². The number of aryl methyl sites for hydroxylation is 2. The van der Waals surface area contributed by atoms with Crippen molar-refractivity contribution in [2.75, 3.05) is 19.6 Å². The Labute approximate surface area is 201 Å². The summed E-state index contributed by atoms with van der Waals surface area (Å²) < 4.78 is 2.35. The molecule has 0 radical (unpaired) electrons. The van der Waals surface area contributed by atoms with Gasteiger partial charge in [0.1, 0.15) is 11.7 Å². The van der Waals surface area contributed by atoms with Crippen LogP contribution in [0.1, 0.15) is 59.9 Å². The van der Waals surface area contributed by atoms with Gasteiger partial charge < -0.3 is 20.9 Å². The molecule has 1 aliphatic rings. The Morgan fingerprint density at radius 1 is 1.12 bits per heavy atom. The molecule has 3 aromatic rings. The van der Waals surface area contributed by atoms with E-state index in [4.69, 9.17) is 21.9 Å². The van der Waals surface area contributed by atoms with Gasteiger partial charge >= 0.3 is 0 Å². The number of carbonyl (C=O) groups excluding carboxylic acids is 1. The molecule has 1 saturated carbocycles. The highest BCUT2D eigenvalue weighted by atomic mass is 16.2. The number of nitrogens with zero attached hydrogens (tertiary/aromatic N) is 3. The van der Waals surface area contributed by atoms with Crippen molar-refractivity contribution in [2.45, 2.75) is 52.0 Å². The lowest BCUT2D eigenvalue weighted by Gasteiger charge is -2.22. The molecule has 7 heteroatoms. The van der Waals surface area contributed by atoms with Gasteiger partial charge in [-0.3, -0.25) is 10.2 Å². The van der Waals surface area contributed by atoms with Crippen molar-refractivity contribution in [3.8, 4) is 0 Å². The Kier molecular flexibility index (Phi) is 7.63. The van der Waals surface area contributed by atoms with Crippen LogP contribution in [-0.4, -0.2) is 45.8 Å². The molecule has 7 nitrogen and oxygen atoms in total. The average molecular weight is 461 g/mol. The summed E-state index contributed by atoms with van der Waals surface area (Å²) >= 11 is 0.